The van der Waals surface area contributed by atoms with Crippen molar-refractivity contribution in [3.05, 3.63) is 11.9 Å². The molecule has 0 radical (unpaired) electrons. The number of aromatic nitrogens is 2. The lowest BCUT2D eigenvalue weighted by molar-refractivity contribution is 0.637. The van der Waals surface area contributed by atoms with Crippen LogP contribution in [-0.2, 0) is 6.42 Å². The molecule has 4 nitrogen and oxygen atoms in total. The summed E-state index contributed by atoms with van der Waals surface area (Å²) in [6, 6.07) is 0.625. The summed E-state index contributed by atoms with van der Waals surface area (Å²) in [7, 11) is 0. The first-order chi connectivity index (χ1) is 8.27. The van der Waals surface area contributed by atoms with E-state index < -0.39 is 0 Å². The molecule has 4 heteroatoms. The molecule has 1 aliphatic rings. The molecule has 1 aromatic heterocycles. The monoisotopic (exact) mass is 234 g/mol. The third-order valence-corrected chi connectivity index (χ3v) is 3.58. The van der Waals surface area contributed by atoms with E-state index in [1.165, 1.54) is 19.3 Å². The number of nitrogen functional groups attached to an aromatic ring is 1. The summed E-state index contributed by atoms with van der Waals surface area (Å²) in [5.41, 5.74) is 7.12. The first-order valence-electron chi connectivity index (χ1n) is 6.63. The zero-order valence-corrected chi connectivity index (χ0v) is 10.8. The van der Waals surface area contributed by atoms with Gasteiger partial charge in [0.1, 0.15) is 18.0 Å². The van der Waals surface area contributed by atoms with Crippen LogP contribution in [0.1, 0.15) is 45.1 Å². The van der Waals surface area contributed by atoms with Gasteiger partial charge in [-0.3, -0.25) is 0 Å². The highest BCUT2D eigenvalue weighted by Crippen LogP contribution is 2.30. The maximum absolute atomic E-state index is 5.98. The molecule has 1 aliphatic heterocycles. The number of anilines is 2. The molecule has 2 rings (SSSR count). The molecule has 17 heavy (non-hydrogen) atoms. The minimum Gasteiger partial charge on any atom is -0.383 e. The fourth-order valence-corrected chi connectivity index (χ4v) is 2.69. The maximum Gasteiger partial charge on any atom is 0.137 e. The average Bonchev–Trinajstić information content (AvgIpc) is 2.80. The van der Waals surface area contributed by atoms with Gasteiger partial charge in [-0.1, -0.05) is 20.3 Å². The Balaban J connectivity index is 2.33. The zero-order chi connectivity index (χ0) is 12.3. The second-order valence-electron chi connectivity index (χ2n) is 4.71. The van der Waals surface area contributed by atoms with E-state index in [0.717, 1.165) is 30.8 Å². The van der Waals surface area contributed by atoms with Crippen molar-refractivity contribution in [1.29, 1.82) is 0 Å². The highest BCUT2D eigenvalue weighted by atomic mass is 15.2. The van der Waals surface area contributed by atoms with E-state index in [-0.39, 0.29) is 0 Å². The number of nitrogens with two attached hydrogens (primary N) is 1. The topological polar surface area (TPSA) is 55.0 Å². The van der Waals surface area contributed by atoms with Gasteiger partial charge in [-0.15, -0.1) is 0 Å². The Bertz CT molecular complexity index is 378. The van der Waals surface area contributed by atoms with Crippen LogP contribution in [0.5, 0.6) is 0 Å². The molecule has 1 unspecified atom stereocenters. The summed E-state index contributed by atoms with van der Waals surface area (Å²) in [5, 5.41) is 0. The van der Waals surface area contributed by atoms with Gasteiger partial charge < -0.3 is 10.6 Å². The van der Waals surface area contributed by atoms with Gasteiger partial charge in [0.15, 0.2) is 0 Å². The Morgan fingerprint density at radius 3 is 2.94 bits per heavy atom. The number of hydrogen-bond acceptors (Lipinski definition) is 4. The van der Waals surface area contributed by atoms with Crippen molar-refractivity contribution in [2.24, 2.45) is 0 Å². The SMILES string of the molecule is CCCc1c(N)ncnc1N1CCCC1CC. The van der Waals surface area contributed by atoms with Gasteiger partial charge in [0.05, 0.1) is 0 Å². The summed E-state index contributed by atoms with van der Waals surface area (Å²) in [6.07, 6.45) is 7.34. The average molecular weight is 234 g/mol. The molecule has 0 spiro atoms. The van der Waals surface area contributed by atoms with Crippen LogP contribution in [0, 0.1) is 0 Å². The summed E-state index contributed by atoms with van der Waals surface area (Å²) >= 11 is 0. The Kier molecular flexibility index (Phi) is 3.82. The van der Waals surface area contributed by atoms with Gasteiger partial charge in [0.25, 0.3) is 0 Å². The van der Waals surface area contributed by atoms with Crippen molar-refractivity contribution >= 4 is 11.6 Å². The number of hydrogen-bond donors (Lipinski definition) is 1. The number of rotatable bonds is 4. The first-order valence-corrected chi connectivity index (χ1v) is 6.63. The first kappa shape index (κ1) is 12.1. The van der Waals surface area contributed by atoms with Gasteiger partial charge >= 0.3 is 0 Å². The van der Waals surface area contributed by atoms with E-state index in [4.69, 9.17) is 5.73 Å². The highest BCUT2D eigenvalue weighted by molar-refractivity contribution is 5.57. The van der Waals surface area contributed by atoms with Gasteiger partial charge in [-0.2, -0.15) is 0 Å². The van der Waals surface area contributed by atoms with Crippen LogP contribution in [0.2, 0.25) is 0 Å². The van der Waals surface area contributed by atoms with E-state index in [0.29, 0.717) is 11.9 Å². The van der Waals surface area contributed by atoms with Crippen LogP contribution in [0.3, 0.4) is 0 Å². The van der Waals surface area contributed by atoms with Crippen molar-refractivity contribution in [2.45, 2.75) is 52.0 Å². The molecule has 1 atom stereocenters. The maximum atomic E-state index is 5.98. The van der Waals surface area contributed by atoms with Gasteiger partial charge in [0.2, 0.25) is 0 Å². The molecule has 0 saturated carbocycles. The standard InChI is InChI=1S/C13H22N4/c1-3-6-11-12(14)15-9-16-13(11)17-8-5-7-10(17)4-2/h9-10H,3-8H2,1-2H3,(H2,14,15,16). The molecule has 94 valence electrons. The van der Waals surface area contributed by atoms with E-state index in [1.54, 1.807) is 6.33 Å². The largest absolute Gasteiger partial charge is 0.383 e. The molecule has 1 fully saturated rings. The highest BCUT2D eigenvalue weighted by Gasteiger charge is 2.26. The molecule has 2 N–H and O–H groups in total. The second kappa shape index (κ2) is 5.34. The fourth-order valence-electron chi connectivity index (χ4n) is 2.69. The van der Waals surface area contributed by atoms with Crippen molar-refractivity contribution in [1.82, 2.24) is 9.97 Å². The van der Waals surface area contributed by atoms with E-state index >= 15 is 0 Å². The molecule has 0 bridgehead atoms. The summed E-state index contributed by atoms with van der Waals surface area (Å²) in [4.78, 5) is 11.0. The quantitative estimate of drug-likeness (QED) is 0.869. The minimum atomic E-state index is 0.625. The third kappa shape index (κ3) is 2.35. The summed E-state index contributed by atoms with van der Waals surface area (Å²) in [6.45, 7) is 5.51. The Labute approximate surface area is 103 Å². The smallest absolute Gasteiger partial charge is 0.137 e. The van der Waals surface area contributed by atoms with Crippen molar-refractivity contribution < 1.29 is 0 Å². The zero-order valence-electron chi connectivity index (χ0n) is 10.8. The Morgan fingerprint density at radius 2 is 2.24 bits per heavy atom. The lowest BCUT2D eigenvalue weighted by atomic mass is 10.1. The Morgan fingerprint density at radius 1 is 1.41 bits per heavy atom. The number of nitrogens with zero attached hydrogens (tertiary/aromatic N) is 3. The lowest BCUT2D eigenvalue weighted by Crippen LogP contribution is -2.30. The molecule has 1 saturated heterocycles. The summed E-state index contributed by atoms with van der Waals surface area (Å²) < 4.78 is 0. The molecular weight excluding hydrogens is 212 g/mol. The predicted molar refractivity (Wildman–Crippen MR) is 71.1 cm³/mol. The fraction of sp³-hybridized carbons (Fsp3) is 0.692. The molecule has 0 amide bonds. The van der Waals surface area contributed by atoms with Crippen molar-refractivity contribution in [3.8, 4) is 0 Å². The summed E-state index contributed by atoms with van der Waals surface area (Å²) in [5.74, 6) is 1.72. The van der Waals surface area contributed by atoms with Crippen molar-refractivity contribution in [3.63, 3.8) is 0 Å². The van der Waals surface area contributed by atoms with Crippen LogP contribution in [0.4, 0.5) is 11.6 Å². The van der Waals surface area contributed by atoms with Gasteiger partial charge in [0, 0.05) is 18.2 Å². The van der Waals surface area contributed by atoms with E-state index in [2.05, 4.69) is 28.7 Å². The van der Waals surface area contributed by atoms with E-state index in [9.17, 15) is 0 Å². The van der Waals surface area contributed by atoms with Crippen LogP contribution in [0.25, 0.3) is 0 Å². The van der Waals surface area contributed by atoms with E-state index in [1.807, 2.05) is 0 Å². The van der Waals surface area contributed by atoms with Crippen molar-refractivity contribution in [2.75, 3.05) is 17.2 Å². The van der Waals surface area contributed by atoms with Crippen LogP contribution in [-0.4, -0.2) is 22.6 Å². The lowest BCUT2D eigenvalue weighted by Gasteiger charge is -2.27. The van der Waals surface area contributed by atoms with Crippen LogP contribution in [0.15, 0.2) is 6.33 Å². The van der Waals surface area contributed by atoms with Gasteiger partial charge in [-0.05, 0) is 25.7 Å². The molecule has 0 aromatic carbocycles. The minimum absolute atomic E-state index is 0.625. The molecule has 2 heterocycles. The predicted octanol–water partition coefficient (Wildman–Crippen LogP) is 2.39. The van der Waals surface area contributed by atoms with Crippen LogP contribution >= 0.6 is 0 Å². The molecule has 1 aromatic rings. The second-order valence-corrected chi connectivity index (χ2v) is 4.71. The third-order valence-electron chi connectivity index (χ3n) is 3.58. The normalized spacial score (nSPS) is 19.9. The molecule has 0 aliphatic carbocycles. The van der Waals surface area contributed by atoms with Gasteiger partial charge in [-0.25, -0.2) is 9.97 Å². The van der Waals surface area contributed by atoms with Crippen LogP contribution < -0.4 is 10.6 Å². The Hall–Kier alpha value is -1.32. The molecular formula is C13H22N4.